The molecule has 5 aromatic rings. The maximum absolute atomic E-state index is 13.4. The Morgan fingerprint density at radius 2 is 1.72 bits per heavy atom. The van der Waals surface area contributed by atoms with Gasteiger partial charge < -0.3 is 10.1 Å². The van der Waals surface area contributed by atoms with E-state index in [4.69, 9.17) is 4.74 Å². The van der Waals surface area contributed by atoms with Gasteiger partial charge in [-0.3, -0.25) is 18.6 Å². The van der Waals surface area contributed by atoms with Gasteiger partial charge >= 0.3 is 0 Å². The Morgan fingerprint density at radius 1 is 1.00 bits per heavy atom. The highest BCUT2D eigenvalue weighted by Crippen LogP contribution is 2.26. The average molecular weight is 500 g/mol. The van der Waals surface area contributed by atoms with Gasteiger partial charge in [0.2, 0.25) is 11.7 Å². The Balaban J connectivity index is 1.46. The topological polar surface area (TPSA) is 90.5 Å². The summed E-state index contributed by atoms with van der Waals surface area (Å²) in [4.78, 5) is 26.3. The molecule has 5 rings (SSSR count). The van der Waals surface area contributed by atoms with E-state index in [1.165, 1.54) is 11.8 Å². The molecule has 0 radical (unpaired) electrons. The molecule has 2 aromatic heterocycles. The van der Waals surface area contributed by atoms with E-state index in [0.29, 0.717) is 40.7 Å². The second-order valence-corrected chi connectivity index (χ2v) is 9.53. The maximum atomic E-state index is 13.4. The molecule has 0 aliphatic heterocycles. The number of rotatable bonds is 8. The summed E-state index contributed by atoms with van der Waals surface area (Å²) < 4.78 is 8.93. The van der Waals surface area contributed by atoms with E-state index in [0.717, 1.165) is 11.3 Å². The predicted molar refractivity (Wildman–Crippen MR) is 142 cm³/mol. The molecule has 0 saturated carbocycles. The molecule has 36 heavy (non-hydrogen) atoms. The largest absolute Gasteiger partial charge is 0.494 e. The smallest absolute Gasteiger partial charge is 0.263 e. The molecule has 3 aromatic carbocycles. The van der Waals surface area contributed by atoms with Crippen LogP contribution in [0, 0.1) is 0 Å². The Morgan fingerprint density at radius 3 is 2.47 bits per heavy atom. The zero-order valence-electron chi connectivity index (χ0n) is 19.9. The van der Waals surface area contributed by atoms with Crippen LogP contribution in [-0.2, 0) is 11.3 Å². The SMILES string of the molecule is CCOc1ccc(NC(=O)C(C)Sc2nnc3n(Cc4ccccc4)c(=O)c4ccccc4n23)cc1. The summed E-state index contributed by atoms with van der Waals surface area (Å²) in [5, 5.41) is 12.3. The zero-order valence-corrected chi connectivity index (χ0v) is 20.7. The standard InChI is InChI=1S/C27H25N5O3S/c1-3-35-21-15-13-20(14-16-21)28-24(33)18(2)36-27-30-29-26-31(17-19-9-5-4-6-10-19)25(34)22-11-7-8-12-23(22)32(26)27/h4-16,18H,3,17H2,1-2H3,(H,28,33). The van der Waals surface area contributed by atoms with Crippen molar-refractivity contribution in [3.8, 4) is 5.75 Å². The molecule has 0 saturated heterocycles. The van der Waals surface area contributed by atoms with Crippen molar-refractivity contribution in [1.29, 1.82) is 0 Å². The van der Waals surface area contributed by atoms with Crippen molar-refractivity contribution < 1.29 is 9.53 Å². The number of nitrogens with zero attached hydrogens (tertiary/aromatic N) is 4. The predicted octanol–water partition coefficient (Wildman–Crippen LogP) is 4.61. The van der Waals surface area contributed by atoms with Gasteiger partial charge in [-0.05, 0) is 55.8 Å². The molecule has 0 fully saturated rings. The number of amides is 1. The minimum absolute atomic E-state index is 0.132. The number of aromatic nitrogens is 4. The lowest BCUT2D eigenvalue weighted by molar-refractivity contribution is -0.115. The van der Waals surface area contributed by atoms with E-state index >= 15 is 0 Å². The molecule has 0 aliphatic rings. The second kappa shape index (κ2) is 10.2. The van der Waals surface area contributed by atoms with Crippen LogP contribution in [0.15, 0.2) is 88.8 Å². The van der Waals surface area contributed by atoms with E-state index in [1.54, 1.807) is 10.6 Å². The Bertz CT molecular complexity index is 1580. The summed E-state index contributed by atoms with van der Waals surface area (Å²) in [5.41, 5.74) is 2.24. The minimum atomic E-state index is -0.461. The van der Waals surface area contributed by atoms with Crippen molar-refractivity contribution in [3.05, 3.63) is 94.8 Å². The van der Waals surface area contributed by atoms with Crippen molar-refractivity contribution in [3.63, 3.8) is 0 Å². The second-order valence-electron chi connectivity index (χ2n) is 8.22. The fraction of sp³-hybridized carbons (Fsp3) is 0.185. The highest BCUT2D eigenvalue weighted by Gasteiger charge is 2.22. The average Bonchev–Trinajstić information content (AvgIpc) is 3.32. The zero-order chi connectivity index (χ0) is 25.1. The van der Waals surface area contributed by atoms with Gasteiger partial charge in [0.05, 0.1) is 29.3 Å². The molecule has 0 bridgehead atoms. The third-order valence-electron chi connectivity index (χ3n) is 5.75. The first-order valence-corrected chi connectivity index (χ1v) is 12.5. The summed E-state index contributed by atoms with van der Waals surface area (Å²) in [6, 6.07) is 24.4. The molecule has 9 heteroatoms. The van der Waals surface area contributed by atoms with Gasteiger partial charge in [0, 0.05) is 5.69 Å². The number of hydrogen-bond acceptors (Lipinski definition) is 6. The van der Waals surface area contributed by atoms with Gasteiger partial charge in [0.15, 0.2) is 5.16 Å². The Kier molecular flexibility index (Phi) is 6.73. The van der Waals surface area contributed by atoms with Crippen LogP contribution in [0.4, 0.5) is 5.69 Å². The number of anilines is 1. The lowest BCUT2D eigenvalue weighted by Gasteiger charge is -2.13. The number of ether oxygens (including phenoxy) is 1. The molecule has 0 aliphatic carbocycles. The van der Waals surface area contributed by atoms with E-state index in [2.05, 4.69) is 15.5 Å². The van der Waals surface area contributed by atoms with Gasteiger partial charge in [0.25, 0.3) is 5.56 Å². The summed E-state index contributed by atoms with van der Waals surface area (Å²) >= 11 is 1.29. The summed E-state index contributed by atoms with van der Waals surface area (Å²) in [6.07, 6.45) is 0. The molecular weight excluding hydrogens is 474 g/mol. The molecule has 2 heterocycles. The molecule has 1 atom stereocenters. The van der Waals surface area contributed by atoms with Crippen molar-refractivity contribution in [2.75, 3.05) is 11.9 Å². The monoisotopic (exact) mass is 499 g/mol. The van der Waals surface area contributed by atoms with E-state index in [1.807, 2.05) is 91.0 Å². The van der Waals surface area contributed by atoms with Crippen molar-refractivity contribution in [1.82, 2.24) is 19.2 Å². The van der Waals surface area contributed by atoms with Crippen molar-refractivity contribution in [2.45, 2.75) is 30.8 Å². The Hall–Kier alpha value is -4.11. The normalized spacial score (nSPS) is 12.1. The number of carbonyl (C=O) groups excluding carboxylic acids is 1. The van der Waals surface area contributed by atoms with E-state index in [-0.39, 0.29) is 11.5 Å². The van der Waals surface area contributed by atoms with Gasteiger partial charge in [-0.15, -0.1) is 10.2 Å². The first-order chi connectivity index (χ1) is 17.5. The van der Waals surface area contributed by atoms with Gasteiger partial charge in [0.1, 0.15) is 5.75 Å². The van der Waals surface area contributed by atoms with Crippen LogP contribution in [0.1, 0.15) is 19.4 Å². The number of hydrogen-bond donors (Lipinski definition) is 1. The molecule has 0 spiro atoms. The van der Waals surface area contributed by atoms with Gasteiger partial charge in [-0.2, -0.15) is 0 Å². The molecule has 1 N–H and O–H groups in total. The summed E-state index contributed by atoms with van der Waals surface area (Å²) in [7, 11) is 0. The molecule has 8 nitrogen and oxygen atoms in total. The van der Waals surface area contributed by atoms with Crippen LogP contribution >= 0.6 is 11.8 Å². The van der Waals surface area contributed by atoms with Gasteiger partial charge in [-0.25, -0.2) is 0 Å². The maximum Gasteiger partial charge on any atom is 0.263 e. The molecule has 1 amide bonds. The van der Waals surface area contributed by atoms with Crippen LogP contribution < -0.4 is 15.6 Å². The Labute approximate surface area is 211 Å². The third-order valence-corrected chi connectivity index (χ3v) is 6.79. The summed E-state index contributed by atoms with van der Waals surface area (Å²) in [5.74, 6) is 1.02. The lowest BCUT2D eigenvalue weighted by Crippen LogP contribution is -2.24. The first-order valence-electron chi connectivity index (χ1n) is 11.7. The van der Waals surface area contributed by atoms with E-state index < -0.39 is 5.25 Å². The van der Waals surface area contributed by atoms with Crippen molar-refractivity contribution >= 4 is 40.0 Å². The fourth-order valence-corrected chi connectivity index (χ4v) is 4.83. The third kappa shape index (κ3) is 4.70. The van der Waals surface area contributed by atoms with Crippen LogP contribution in [0.25, 0.3) is 16.7 Å². The highest BCUT2D eigenvalue weighted by molar-refractivity contribution is 8.00. The first kappa shape index (κ1) is 23.6. The van der Waals surface area contributed by atoms with Crippen molar-refractivity contribution in [2.24, 2.45) is 0 Å². The summed E-state index contributed by atoms with van der Waals surface area (Å²) in [6.45, 7) is 4.69. The highest BCUT2D eigenvalue weighted by atomic mass is 32.2. The number of benzene rings is 3. The lowest BCUT2D eigenvalue weighted by atomic mass is 10.2. The fourth-order valence-electron chi connectivity index (χ4n) is 3.98. The molecule has 182 valence electrons. The number of para-hydroxylation sites is 1. The number of thioether (sulfide) groups is 1. The molecule has 1 unspecified atom stereocenters. The number of fused-ring (bicyclic) bond motifs is 3. The van der Waals surface area contributed by atoms with Crippen LogP contribution in [0.5, 0.6) is 5.75 Å². The van der Waals surface area contributed by atoms with Gasteiger partial charge in [-0.1, -0.05) is 54.2 Å². The molecular formula is C27H25N5O3S. The minimum Gasteiger partial charge on any atom is -0.494 e. The number of carbonyl (C=O) groups is 1. The van der Waals surface area contributed by atoms with Crippen LogP contribution in [-0.4, -0.2) is 36.9 Å². The quantitative estimate of drug-likeness (QED) is 0.314. The van der Waals surface area contributed by atoms with E-state index in [9.17, 15) is 9.59 Å². The van der Waals surface area contributed by atoms with Crippen LogP contribution in [0.3, 0.4) is 0 Å². The number of nitrogens with one attached hydrogen (secondary N) is 1. The van der Waals surface area contributed by atoms with Crippen LogP contribution in [0.2, 0.25) is 0 Å².